The lowest BCUT2D eigenvalue weighted by molar-refractivity contribution is -0.142. The predicted octanol–water partition coefficient (Wildman–Crippen LogP) is 1.87. The molecule has 0 bridgehead atoms. The summed E-state index contributed by atoms with van der Waals surface area (Å²) < 4.78 is 21.5. The Balaban J connectivity index is 1.26. The molecule has 3 heterocycles. The van der Waals surface area contributed by atoms with Crippen LogP contribution in [0.2, 0.25) is 0 Å². The van der Waals surface area contributed by atoms with Gasteiger partial charge in [0.2, 0.25) is 5.91 Å². The van der Waals surface area contributed by atoms with Crippen molar-refractivity contribution in [3.8, 4) is 22.6 Å². The third-order valence-electron chi connectivity index (χ3n) is 7.86. The van der Waals surface area contributed by atoms with Crippen LogP contribution in [-0.4, -0.2) is 73.4 Å². The van der Waals surface area contributed by atoms with Gasteiger partial charge in [-0.05, 0) is 48.6 Å². The van der Waals surface area contributed by atoms with Gasteiger partial charge in [-0.2, -0.15) is 5.10 Å². The van der Waals surface area contributed by atoms with Gasteiger partial charge in [0, 0.05) is 36.5 Å². The van der Waals surface area contributed by atoms with E-state index in [4.69, 9.17) is 4.74 Å². The van der Waals surface area contributed by atoms with E-state index in [9.17, 15) is 29.0 Å². The van der Waals surface area contributed by atoms with Gasteiger partial charge in [-0.25, -0.2) is 9.18 Å². The standard InChI is InChI=1S/C28H28FN5O6/c1-32-11-19(10-30-32)17-4-6-21(23(36)9-17)28(15-35)26(38)34(27(39)31-28)13-25(37)33-12-18-8-20(29)5-7-24(18)40-14-22(33)16-2-3-16/h4-11,16,22,35-36H,2-3,12-15H2,1H3,(H,31,39)/t22-,28?/m0/s1. The van der Waals surface area contributed by atoms with Gasteiger partial charge in [0.25, 0.3) is 5.91 Å². The van der Waals surface area contributed by atoms with Crippen molar-refractivity contribution in [2.75, 3.05) is 19.8 Å². The van der Waals surface area contributed by atoms with Crippen molar-refractivity contribution in [3.05, 3.63) is 65.7 Å². The average molecular weight is 550 g/mol. The summed E-state index contributed by atoms with van der Waals surface area (Å²) in [6.45, 7) is -1.14. The average Bonchev–Trinajstić information content (AvgIpc) is 3.66. The molecule has 3 N–H and O–H groups in total. The number of aliphatic hydroxyl groups excluding tert-OH is 1. The quantitative estimate of drug-likeness (QED) is 0.399. The molecule has 1 unspecified atom stereocenters. The Kier molecular flexibility index (Phi) is 6.21. The van der Waals surface area contributed by atoms with E-state index in [0.29, 0.717) is 16.9 Å². The number of aryl methyl sites for hydroxylation is 1. The van der Waals surface area contributed by atoms with Gasteiger partial charge >= 0.3 is 6.03 Å². The molecule has 2 fully saturated rings. The molecule has 2 aliphatic heterocycles. The molecule has 208 valence electrons. The molecule has 4 amide bonds. The molecule has 2 aromatic carbocycles. The number of halogens is 1. The molecule has 1 aromatic heterocycles. The van der Waals surface area contributed by atoms with E-state index in [0.717, 1.165) is 23.3 Å². The molecule has 1 saturated heterocycles. The molecule has 12 heteroatoms. The van der Waals surface area contributed by atoms with Crippen molar-refractivity contribution in [1.82, 2.24) is 24.9 Å². The van der Waals surface area contributed by atoms with Crippen molar-refractivity contribution in [2.24, 2.45) is 13.0 Å². The maximum atomic E-state index is 14.0. The number of aliphatic hydroxyl groups is 1. The molecule has 0 spiro atoms. The van der Waals surface area contributed by atoms with Gasteiger partial charge < -0.3 is 25.2 Å². The predicted molar refractivity (Wildman–Crippen MR) is 138 cm³/mol. The number of rotatable bonds is 6. The van der Waals surface area contributed by atoms with Crippen LogP contribution in [-0.2, 0) is 28.7 Å². The van der Waals surface area contributed by atoms with Crippen LogP contribution in [0.25, 0.3) is 11.1 Å². The molecular formula is C28H28FN5O6. The summed E-state index contributed by atoms with van der Waals surface area (Å²) in [7, 11) is 1.75. The summed E-state index contributed by atoms with van der Waals surface area (Å²) in [5.74, 6) is -1.45. The first-order valence-electron chi connectivity index (χ1n) is 13.0. The van der Waals surface area contributed by atoms with Crippen molar-refractivity contribution >= 4 is 17.8 Å². The van der Waals surface area contributed by atoms with Crippen LogP contribution in [0.15, 0.2) is 48.8 Å². The highest BCUT2D eigenvalue weighted by Gasteiger charge is 2.54. The highest BCUT2D eigenvalue weighted by molar-refractivity contribution is 6.09. The Morgan fingerprint density at radius 3 is 2.67 bits per heavy atom. The van der Waals surface area contributed by atoms with E-state index in [1.54, 1.807) is 35.1 Å². The molecule has 1 aliphatic carbocycles. The maximum absolute atomic E-state index is 14.0. The van der Waals surface area contributed by atoms with Crippen molar-refractivity contribution in [1.29, 1.82) is 0 Å². The van der Waals surface area contributed by atoms with Crippen molar-refractivity contribution in [2.45, 2.75) is 31.0 Å². The fraction of sp³-hybridized carbons (Fsp3) is 0.357. The third kappa shape index (κ3) is 4.34. The fourth-order valence-corrected chi connectivity index (χ4v) is 5.54. The van der Waals surface area contributed by atoms with E-state index in [2.05, 4.69) is 10.4 Å². The summed E-state index contributed by atoms with van der Waals surface area (Å²) in [6, 6.07) is 7.49. The number of carbonyl (C=O) groups is 3. The Hall–Kier alpha value is -4.45. The van der Waals surface area contributed by atoms with Crippen LogP contribution >= 0.6 is 0 Å². The lowest BCUT2D eigenvalue weighted by Crippen LogP contribution is -2.50. The van der Waals surface area contributed by atoms with Crippen LogP contribution in [0.1, 0.15) is 24.0 Å². The fourth-order valence-electron chi connectivity index (χ4n) is 5.54. The Bertz CT molecular complexity index is 1520. The molecule has 6 rings (SSSR count). The second kappa shape index (κ2) is 9.63. The third-order valence-corrected chi connectivity index (χ3v) is 7.86. The number of imide groups is 1. The van der Waals surface area contributed by atoms with E-state index in [-0.39, 0.29) is 36.4 Å². The minimum Gasteiger partial charge on any atom is -0.508 e. The van der Waals surface area contributed by atoms with Crippen LogP contribution in [0.3, 0.4) is 0 Å². The second-order valence-electron chi connectivity index (χ2n) is 10.5. The minimum atomic E-state index is -1.97. The zero-order chi connectivity index (χ0) is 28.2. The Labute approximate surface area is 228 Å². The molecule has 2 atom stereocenters. The number of phenolic OH excluding ortho intramolecular Hbond substituents is 1. The number of nitrogens with zero attached hydrogens (tertiary/aromatic N) is 4. The molecule has 3 aromatic rings. The van der Waals surface area contributed by atoms with Gasteiger partial charge in [0.1, 0.15) is 30.5 Å². The first kappa shape index (κ1) is 25.8. The van der Waals surface area contributed by atoms with Gasteiger partial charge in [-0.3, -0.25) is 19.2 Å². The topological polar surface area (TPSA) is 137 Å². The van der Waals surface area contributed by atoms with Crippen LogP contribution in [0.5, 0.6) is 11.5 Å². The largest absolute Gasteiger partial charge is 0.508 e. The Morgan fingerprint density at radius 2 is 2.00 bits per heavy atom. The number of benzene rings is 2. The monoisotopic (exact) mass is 549 g/mol. The number of aromatic hydroxyl groups is 1. The first-order chi connectivity index (χ1) is 19.2. The van der Waals surface area contributed by atoms with Crippen LogP contribution in [0.4, 0.5) is 9.18 Å². The summed E-state index contributed by atoms with van der Waals surface area (Å²) in [6.07, 6.45) is 5.19. The number of nitrogens with one attached hydrogen (secondary N) is 1. The summed E-state index contributed by atoms with van der Waals surface area (Å²) in [4.78, 5) is 42.6. The molecule has 11 nitrogen and oxygen atoms in total. The van der Waals surface area contributed by atoms with Crippen LogP contribution in [0, 0.1) is 11.7 Å². The van der Waals surface area contributed by atoms with Gasteiger partial charge in [0.05, 0.1) is 18.8 Å². The molecule has 1 saturated carbocycles. The molecule has 0 radical (unpaired) electrons. The van der Waals surface area contributed by atoms with E-state index in [1.165, 1.54) is 30.3 Å². The number of carbonyl (C=O) groups excluding carboxylic acids is 3. The maximum Gasteiger partial charge on any atom is 0.325 e. The van der Waals surface area contributed by atoms with E-state index >= 15 is 0 Å². The number of amides is 4. The normalized spacial score (nSPS) is 22.5. The van der Waals surface area contributed by atoms with Crippen molar-refractivity contribution in [3.63, 3.8) is 0 Å². The molecule has 3 aliphatic rings. The molecule has 40 heavy (non-hydrogen) atoms. The summed E-state index contributed by atoms with van der Waals surface area (Å²) in [5.41, 5.74) is -0.124. The smallest absolute Gasteiger partial charge is 0.325 e. The molecular weight excluding hydrogens is 521 g/mol. The van der Waals surface area contributed by atoms with Gasteiger partial charge in [0.15, 0.2) is 5.54 Å². The van der Waals surface area contributed by atoms with E-state index in [1.807, 2.05) is 0 Å². The zero-order valence-corrected chi connectivity index (χ0v) is 21.7. The number of hydrogen-bond donors (Lipinski definition) is 3. The lowest BCUT2D eigenvalue weighted by Gasteiger charge is -2.31. The number of fused-ring (bicyclic) bond motifs is 1. The number of urea groups is 1. The first-order valence-corrected chi connectivity index (χ1v) is 13.0. The van der Waals surface area contributed by atoms with Gasteiger partial charge in [-0.15, -0.1) is 0 Å². The number of hydrogen-bond acceptors (Lipinski definition) is 7. The number of phenols is 1. The minimum absolute atomic E-state index is 0.000582. The van der Waals surface area contributed by atoms with Crippen LogP contribution < -0.4 is 10.1 Å². The Morgan fingerprint density at radius 1 is 1.20 bits per heavy atom. The highest BCUT2D eigenvalue weighted by atomic mass is 19.1. The lowest BCUT2D eigenvalue weighted by atomic mass is 9.88. The van der Waals surface area contributed by atoms with E-state index < -0.39 is 42.4 Å². The number of ether oxygens (including phenoxy) is 1. The second-order valence-corrected chi connectivity index (χ2v) is 10.5. The summed E-state index contributed by atoms with van der Waals surface area (Å²) >= 11 is 0. The highest BCUT2D eigenvalue weighted by Crippen LogP contribution is 2.40. The SMILES string of the molecule is Cn1cc(-c2ccc(C3(CO)NC(=O)N(CC(=O)N4Cc5cc(F)ccc5OC[C@H]4C4CC4)C3=O)c(O)c2)cn1. The zero-order valence-electron chi connectivity index (χ0n) is 21.7. The number of aromatic nitrogens is 2. The van der Waals surface area contributed by atoms with Gasteiger partial charge in [-0.1, -0.05) is 12.1 Å². The summed E-state index contributed by atoms with van der Waals surface area (Å²) in [5, 5.41) is 27.8. The van der Waals surface area contributed by atoms with Crippen molar-refractivity contribution < 1.29 is 33.7 Å².